The summed E-state index contributed by atoms with van der Waals surface area (Å²) in [6.45, 7) is 2.58. The van der Waals surface area contributed by atoms with Gasteiger partial charge in [0.15, 0.2) is 0 Å². The quantitative estimate of drug-likeness (QED) is 0.864. The maximum atomic E-state index is 12.5. The van der Waals surface area contributed by atoms with Crippen LogP contribution in [-0.4, -0.2) is 18.9 Å². The van der Waals surface area contributed by atoms with Crippen LogP contribution in [-0.2, 0) is 17.3 Å². The molecule has 1 aromatic carbocycles. The van der Waals surface area contributed by atoms with Gasteiger partial charge in [-0.3, -0.25) is 5.32 Å². The van der Waals surface area contributed by atoms with E-state index in [4.69, 9.17) is 4.74 Å². The predicted molar refractivity (Wildman–Crippen MR) is 57.5 cm³/mol. The van der Waals surface area contributed by atoms with Gasteiger partial charge in [-0.05, 0) is 18.6 Å². The molecule has 1 aromatic rings. The van der Waals surface area contributed by atoms with Crippen molar-refractivity contribution in [2.45, 2.75) is 31.8 Å². The third-order valence-corrected chi connectivity index (χ3v) is 2.69. The lowest BCUT2D eigenvalue weighted by atomic mass is 10.1. The van der Waals surface area contributed by atoms with Gasteiger partial charge in [-0.25, -0.2) is 0 Å². The number of hydrogen-bond acceptors (Lipinski definition) is 2. The molecule has 0 aromatic heterocycles. The first-order chi connectivity index (χ1) is 7.95. The summed E-state index contributed by atoms with van der Waals surface area (Å²) >= 11 is 0. The molecule has 0 amide bonds. The highest BCUT2D eigenvalue weighted by molar-refractivity contribution is 5.26. The van der Waals surface area contributed by atoms with Crippen molar-refractivity contribution in [2.24, 2.45) is 0 Å². The van der Waals surface area contributed by atoms with Gasteiger partial charge in [-0.15, -0.1) is 0 Å². The molecule has 0 spiro atoms. The van der Waals surface area contributed by atoms with E-state index in [1.54, 1.807) is 6.07 Å². The lowest BCUT2D eigenvalue weighted by Crippen LogP contribution is -2.29. The van der Waals surface area contributed by atoms with Gasteiger partial charge in [0.05, 0.1) is 12.2 Å². The van der Waals surface area contributed by atoms with Crippen molar-refractivity contribution in [3.63, 3.8) is 0 Å². The third kappa shape index (κ3) is 3.20. The van der Waals surface area contributed by atoms with Crippen molar-refractivity contribution in [1.29, 1.82) is 0 Å². The van der Waals surface area contributed by atoms with E-state index in [0.717, 1.165) is 6.07 Å². The molecule has 17 heavy (non-hydrogen) atoms. The van der Waals surface area contributed by atoms with Crippen molar-refractivity contribution in [3.8, 4) is 0 Å². The van der Waals surface area contributed by atoms with Gasteiger partial charge in [0.25, 0.3) is 0 Å². The first kappa shape index (κ1) is 12.4. The minimum Gasteiger partial charge on any atom is -0.361 e. The Morgan fingerprint density at radius 2 is 2.18 bits per heavy atom. The van der Waals surface area contributed by atoms with Crippen LogP contribution in [0, 0.1) is 0 Å². The Balaban J connectivity index is 2.06. The van der Waals surface area contributed by atoms with Crippen LogP contribution in [0.4, 0.5) is 13.2 Å². The van der Waals surface area contributed by atoms with Gasteiger partial charge in [0.1, 0.15) is 6.23 Å². The van der Waals surface area contributed by atoms with Gasteiger partial charge < -0.3 is 4.74 Å². The first-order valence-corrected chi connectivity index (χ1v) is 5.49. The van der Waals surface area contributed by atoms with Crippen LogP contribution in [0.3, 0.4) is 0 Å². The van der Waals surface area contributed by atoms with Gasteiger partial charge in [-0.1, -0.05) is 18.2 Å². The number of hydrogen-bond donors (Lipinski definition) is 1. The number of halogens is 3. The van der Waals surface area contributed by atoms with E-state index in [9.17, 15) is 13.2 Å². The van der Waals surface area contributed by atoms with Gasteiger partial charge in [0, 0.05) is 12.5 Å². The molecule has 2 unspecified atom stereocenters. The molecule has 1 aliphatic rings. The Kier molecular flexibility index (Phi) is 3.40. The molecular formula is C12H14F3NO. The lowest BCUT2D eigenvalue weighted by Gasteiger charge is -2.12. The van der Waals surface area contributed by atoms with E-state index in [2.05, 4.69) is 5.32 Å². The summed E-state index contributed by atoms with van der Waals surface area (Å²) in [5, 5.41) is 3.16. The van der Waals surface area contributed by atoms with Crippen LogP contribution in [0.2, 0.25) is 0 Å². The molecule has 1 saturated heterocycles. The van der Waals surface area contributed by atoms with E-state index in [0.29, 0.717) is 18.6 Å². The molecule has 1 aliphatic heterocycles. The van der Waals surface area contributed by atoms with Crippen LogP contribution in [0.5, 0.6) is 0 Å². The third-order valence-electron chi connectivity index (χ3n) is 2.69. The van der Waals surface area contributed by atoms with Gasteiger partial charge in [0.2, 0.25) is 0 Å². The Hall–Kier alpha value is -1.07. The molecule has 0 saturated carbocycles. The maximum Gasteiger partial charge on any atom is 0.416 e. The van der Waals surface area contributed by atoms with E-state index >= 15 is 0 Å². The van der Waals surface area contributed by atoms with Crippen molar-refractivity contribution in [1.82, 2.24) is 5.32 Å². The summed E-state index contributed by atoms with van der Waals surface area (Å²) in [4.78, 5) is 0. The van der Waals surface area contributed by atoms with Crippen molar-refractivity contribution in [3.05, 3.63) is 35.4 Å². The van der Waals surface area contributed by atoms with Gasteiger partial charge in [-0.2, -0.15) is 13.2 Å². The van der Waals surface area contributed by atoms with E-state index < -0.39 is 11.7 Å². The smallest absolute Gasteiger partial charge is 0.361 e. The molecule has 1 N–H and O–H groups in total. The predicted octanol–water partition coefficient (Wildman–Crippen LogP) is 2.58. The van der Waals surface area contributed by atoms with Crippen LogP contribution in [0.15, 0.2) is 24.3 Å². The Bertz CT molecular complexity index is 392. The number of ether oxygens (including phenoxy) is 1. The zero-order chi connectivity index (χ0) is 12.5. The summed E-state index contributed by atoms with van der Waals surface area (Å²) in [5.41, 5.74) is 0.0208. The molecule has 1 heterocycles. The molecule has 2 rings (SSSR count). The second-order valence-electron chi connectivity index (χ2n) is 4.29. The van der Waals surface area contributed by atoms with Crippen LogP contribution < -0.4 is 5.32 Å². The van der Waals surface area contributed by atoms with Crippen LogP contribution in [0.25, 0.3) is 0 Å². The van der Waals surface area contributed by atoms with Crippen LogP contribution in [0.1, 0.15) is 18.1 Å². The summed E-state index contributed by atoms with van der Waals surface area (Å²) in [6, 6.07) is 5.62. The molecule has 0 radical (unpaired) electrons. The largest absolute Gasteiger partial charge is 0.416 e. The number of rotatable bonds is 2. The van der Waals surface area contributed by atoms with E-state index in [-0.39, 0.29) is 12.3 Å². The van der Waals surface area contributed by atoms with Crippen molar-refractivity contribution < 1.29 is 17.9 Å². The minimum absolute atomic E-state index is 0.187. The molecule has 0 bridgehead atoms. The zero-order valence-corrected chi connectivity index (χ0v) is 9.42. The van der Waals surface area contributed by atoms with Crippen molar-refractivity contribution in [2.75, 3.05) is 6.61 Å². The maximum absolute atomic E-state index is 12.5. The zero-order valence-electron chi connectivity index (χ0n) is 9.42. The fraction of sp³-hybridized carbons (Fsp3) is 0.500. The highest BCUT2D eigenvalue weighted by Crippen LogP contribution is 2.29. The average Bonchev–Trinajstić information content (AvgIpc) is 2.63. The minimum atomic E-state index is -4.28. The van der Waals surface area contributed by atoms with E-state index in [1.807, 2.05) is 6.92 Å². The normalized spacial score (nSPS) is 25.2. The molecule has 94 valence electrons. The Morgan fingerprint density at radius 3 is 2.76 bits per heavy atom. The van der Waals surface area contributed by atoms with Crippen molar-refractivity contribution >= 4 is 0 Å². The highest BCUT2D eigenvalue weighted by Gasteiger charge is 2.30. The molecule has 1 fully saturated rings. The Labute approximate surface area is 97.8 Å². The summed E-state index contributed by atoms with van der Waals surface area (Å²) in [5.74, 6) is 0. The summed E-state index contributed by atoms with van der Waals surface area (Å²) in [6.07, 6.45) is -4.02. The number of alkyl halides is 3. The first-order valence-electron chi connectivity index (χ1n) is 5.49. The second kappa shape index (κ2) is 4.66. The Morgan fingerprint density at radius 1 is 1.41 bits per heavy atom. The standard InChI is InChI=1S/C12H14F3NO/c1-8-7-17-11(16-8)6-9-3-2-4-10(5-9)12(13,14)15/h2-5,8,11,16H,6-7H2,1H3. The van der Waals surface area contributed by atoms with E-state index in [1.165, 1.54) is 12.1 Å². The highest BCUT2D eigenvalue weighted by atomic mass is 19.4. The fourth-order valence-electron chi connectivity index (χ4n) is 1.88. The summed E-state index contributed by atoms with van der Waals surface area (Å²) in [7, 11) is 0. The van der Waals surface area contributed by atoms with Gasteiger partial charge >= 0.3 is 6.18 Å². The average molecular weight is 245 g/mol. The topological polar surface area (TPSA) is 21.3 Å². The molecule has 2 nitrogen and oxygen atoms in total. The molecule has 2 atom stereocenters. The monoisotopic (exact) mass is 245 g/mol. The number of benzene rings is 1. The van der Waals surface area contributed by atoms with Crippen LogP contribution >= 0.6 is 0 Å². The molecular weight excluding hydrogens is 231 g/mol. The number of nitrogens with one attached hydrogen (secondary N) is 1. The molecule has 0 aliphatic carbocycles. The summed E-state index contributed by atoms with van der Waals surface area (Å²) < 4.78 is 42.9. The molecule has 5 heteroatoms. The lowest BCUT2D eigenvalue weighted by molar-refractivity contribution is -0.137. The second-order valence-corrected chi connectivity index (χ2v) is 4.29. The fourth-order valence-corrected chi connectivity index (χ4v) is 1.88. The SMILES string of the molecule is CC1COC(Cc2cccc(C(F)(F)F)c2)N1.